The molecule has 0 atom stereocenters. The number of amides is 1. The molecule has 2 aromatic carbocycles. The van der Waals surface area contributed by atoms with Crippen molar-refractivity contribution >= 4 is 38.5 Å². The molecule has 6 heteroatoms. The van der Waals surface area contributed by atoms with E-state index < -0.39 is 0 Å². The van der Waals surface area contributed by atoms with Gasteiger partial charge in [0.2, 0.25) is 0 Å². The molecule has 0 radical (unpaired) electrons. The van der Waals surface area contributed by atoms with Crippen LogP contribution < -0.4 is 14.8 Å². The third-order valence-corrected chi connectivity index (χ3v) is 4.58. The van der Waals surface area contributed by atoms with Gasteiger partial charge in [0.25, 0.3) is 5.91 Å². The van der Waals surface area contributed by atoms with Gasteiger partial charge in [0.15, 0.2) is 17.3 Å². The van der Waals surface area contributed by atoms with Crippen molar-refractivity contribution in [2.75, 3.05) is 19.5 Å². The van der Waals surface area contributed by atoms with Crippen LogP contribution >= 0.6 is 15.9 Å². The number of methoxy groups -OCH3 is 2. The van der Waals surface area contributed by atoms with Gasteiger partial charge in [-0.2, -0.15) is 0 Å². The largest absolute Gasteiger partial charge is 0.493 e. The number of aryl methyl sites for hydroxylation is 2. The van der Waals surface area contributed by atoms with Gasteiger partial charge in [0.1, 0.15) is 5.58 Å². The zero-order valence-corrected chi connectivity index (χ0v) is 16.0. The van der Waals surface area contributed by atoms with Crippen molar-refractivity contribution in [3.8, 4) is 11.5 Å². The summed E-state index contributed by atoms with van der Waals surface area (Å²) in [4.78, 5) is 12.7. The maximum Gasteiger partial charge on any atom is 0.291 e. The SMILES string of the molecule is COc1cc(C)c(NC(=O)c2oc3ccc(Br)cc3c2C)cc1OC. The number of benzene rings is 2. The molecule has 0 aliphatic rings. The van der Waals surface area contributed by atoms with Gasteiger partial charge in [0, 0.05) is 27.2 Å². The summed E-state index contributed by atoms with van der Waals surface area (Å²) in [5.41, 5.74) is 2.98. The molecule has 5 nitrogen and oxygen atoms in total. The molecule has 3 aromatic rings. The fourth-order valence-corrected chi connectivity index (χ4v) is 3.07. The van der Waals surface area contributed by atoms with Crippen molar-refractivity contribution in [3.05, 3.63) is 51.7 Å². The van der Waals surface area contributed by atoms with Crippen LogP contribution in [0.15, 0.2) is 39.2 Å². The summed E-state index contributed by atoms with van der Waals surface area (Å²) in [5.74, 6) is 1.15. The highest BCUT2D eigenvalue weighted by molar-refractivity contribution is 9.10. The Balaban J connectivity index is 1.96. The van der Waals surface area contributed by atoms with Crippen LogP contribution in [-0.2, 0) is 0 Å². The molecular weight excluding hydrogens is 386 g/mol. The Morgan fingerprint density at radius 2 is 1.76 bits per heavy atom. The fraction of sp³-hybridized carbons (Fsp3) is 0.211. The summed E-state index contributed by atoms with van der Waals surface area (Å²) in [6.45, 7) is 3.76. The second-order valence-corrected chi connectivity index (χ2v) is 6.59. The van der Waals surface area contributed by atoms with Crippen molar-refractivity contribution in [3.63, 3.8) is 0 Å². The highest BCUT2D eigenvalue weighted by atomic mass is 79.9. The third kappa shape index (κ3) is 3.22. The molecule has 1 N–H and O–H groups in total. The molecule has 0 aliphatic heterocycles. The molecule has 0 spiro atoms. The minimum Gasteiger partial charge on any atom is -0.493 e. The van der Waals surface area contributed by atoms with E-state index in [4.69, 9.17) is 13.9 Å². The van der Waals surface area contributed by atoms with Crippen molar-refractivity contribution in [2.45, 2.75) is 13.8 Å². The molecular formula is C19H18BrNO4. The molecule has 25 heavy (non-hydrogen) atoms. The summed E-state index contributed by atoms with van der Waals surface area (Å²) in [6.07, 6.45) is 0. The van der Waals surface area contributed by atoms with E-state index in [1.54, 1.807) is 20.3 Å². The quantitative estimate of drug-likeness (QED) is 0.659. The minimum absolute atomic E-state index is 0.294. The molecule has 0 bridgehead atoms. The van der Waals surface area contributed by atoms with Crippen LogP contribution in [0, 0.1) is 13.8 Å². The molecule has 0 saturated carbocycles. The summed E-state index contributed by atoms with van der Waals surface area (Å²) >= 11 is 3.44. The maximum absolute atomic E-state index is 12.7. The average Bonchev–Trinajstić information content (AvgIpc) is 2.92. The maximum atomic E-state index is 12.7. The zero-order chi connectivity index (χ0) is 18.1. The number of hydrogen-bond acceptors (Lipinski definition) is 4. The standard InChI is InChI=1S/C19H18BrNO4/c1-10-7-16(23-3)17(24-4)9-14(10)21-19(22)18-11(2)13-8-12(20)5-6-15(13)25-18/h5-9H,1-4H3,(H,21,22). The molecule has 0 aliphatic carbocycles. The lowest BCUT2D eigenvalue weighted by atomic mass is 10.1. The van der Waals surface area contributed by atoms with Gasteiger partial charge in [-0.15, -0.1) is 0 Å². The van der Waals surface area contributed by atoms with Crippen molar-refractivity contribution in [2.24, 2.45) is 0 Å². The van der Waals surface area contributed by atoms with Gasteiger partial charge in [-0.05, 0) is 43.7 Å². The lowest BCUT2D eigenvalue weighted by Gasteiger charge is -2.13. The van der Waals surface area contributed by atoms with Crippen LogP contribution in [0.4, 0.5) is 5.69 Å². The van der Waals surface area contributed by atoms with Crippen LogP contribution in [0.5, 0.6) is 11.5 Å². The minimum atomic E-state index is -0.305. The molecule has 0 fully saturated rings. The second-order valence-electron chi connectivity index (χ2n) is 5.67. The number of carbonyl (C=O) groups excluding carboxylic acids is 1. The predicted octanol–water partition coefficient (Wildman–Crippen LogP) is 5.08. The summed E-state index contributed by atoms with van der Waals surface area (Å²) in [5, 5.41) is 3.80. The second kappa shape index (κ2) is 6.80. The lowest BCUT2D eigenvalue weighted by Crippen LogP contribution is -2.13. The number of carbonyl (C=O) groups is 1. The van der Waals surface area contributed by atoms with Gasteiger partial charge in [-0.1, -0.05) is 15.9 Å². The molecule has 130 valence electrons. The normalized spacial score (nSPS) is 10.8. The molecule has 0 unspecified atom stereocenters. The first kappa shape index (κ1) is 17.4. The zero-order valence-electron chi connectivity index (χ0n) is 14.4. The van der Waals surface area contributed by atoms with E-state index in [0.29, 0.717) is 28.5 Å². The van der Waals surface area contributed by atoms with Crippen LogP contribution in [0.3, 0.4) is 0 Å². The fourth-order valence-electron chi connectivity index (χ4n) is 2.70. The van der Waals surface area contributed by atoms with E-state index in [0.717, 1.165) is 21.0 Å². The van der Waals surface area contributed by atoms with E-state index in [2.05, 4.69) is 21.2 Å². The monoisotopic (exact) mass is 403 g/mol. The number of nitrogens with one attached hydrogen (secondary N) is 1. The van der Waals surface area contributed by atoms with Crippen molar-refractivity contribution < 1.29 is 18.7 Å². The summed E-state index contributed by atoms with van der Waals surface area (Å²) < 4.78 is 17.2. The van der Waals surface area contributed by atoms with E-state index in [9.17, 15) is 4.79 Å². The predicted molar refractivity (Wildman–Crippen MR) is 101 cm³/mol. The lowest BCUT2D eigenvalue weighted by molar-refractivity contribution is 0.0998. The summed E-state index contributed by atoms with van der Waals surface area (Å²) in [7, 11) is 3.13. The Morgan fingerprint density at radius 3 is 2.44 bits per heavy atom. The molecule has 3 rings (SSSR count). The Hall–Kier alpha value is -2.47. The Morgan fingerprint density at radius 1 is 1.08 bits per heavy atom. The number of anilines is 1. The smallest absolute Gasteiger partial charge is 0.291 e. The van der Waals surface area contributed by atoms with Crippen LogP contribution in [0.1, 0.15) is 21.7 Å². The molecule has 1 amide bonds. The van der Waals surface area contributed by atoms with Gasteiger partial charge in [0.05, 0.1) is 14.2 Å². The topological polar surface area (TPSA) is 60.7 Å². The molecule has 0 saturated heterocycles. The number of rotatable bonds is 4. The van der Waals surface area contributed by atoms with E-state index in [1.807, 2.05) is 38.1 Å². The molecule has 1 heterocycles. The van der Waals surface area contributed by atoms with Gasteiger partial charge in [-0.3, -0.25) is 4.79 Å². The average molecular weight is 404 g/mol. The first-order valence-electron chi connectivity index (χ1n) is 7.67. The van der Waals surface area contributed by atoms with Crippen molar-refractivity contribution in [1.82, 2.24) is 0 Å². The van der Waals surface area contributed by atoms with E-state index in [1.165, 1.54) is 0 Å². The van der Waals surface area contributed by atoms with Crippen LogP contribution in [0.25, 0.3) is 11.0 Å². The third-order valence-electron chi connectivity index (χ3n) is 4.08. The summed E-state index contributed by atoms with van der Waals surface area (Å²) in [6, 6.07) is 9.21. The van der Waals surface area contributed by atoms with Crippen LogP contribution in [-0.4, -0.2) is 20.1 Å². The number of ether oxygens (including phenoxy) is 2. The van der Waals surface area contributed by atoms with E-state index >= 15 is 0 Å². The number of halogens is 1. The highest BCUT2D eigenvalue weighted by Gasteiger charge is 2.19. The van der Waals surface area contributed by atoms with Crippen LogP contribution in [0.2, 0.25) is 0 Å². The van der Waals surface area contributed by atoms with Crippen molar-refractivity contribution in [1.29, 1.82) is 0 Å². The van der Waals surface area contributed by atoms with Gasteiger partial charge in [-0.25, -0.2) is 0 Å². The number of furan rings is 1. The van der Waals surface area contributed by atoms with Gasteiger partial charge >= 0.3 is 0 Å². The van der Waals surface area contributed by atoms with Gasteiger partial charge < -0.3 is 19.2 Å². The molecule has 1 aromatic heterocycles. The first-order chi connectivity index (χ1) is 11.9. The number of fused-ring (bicyclic) bond motifs is 1. The Labute approximate surface area is 154 Å². The Kier molecular flexibility index (Phi) is 4.72. The Bertz CT molecular complexity index is 962. The first-order valence-corrected chi connectivity index (χ1v) is 8.46. The van der Waals surface area contributed by atoms with E-state index in [-0.39, 0.29) is 5.91 Å². The highest BCUT2D eigenvalue weighted by Crippen LogP contribution is 2.34. The number of hydrogen-bond donors (Lipinski definition) is 1.